The van der Waals surface area contributed by atoms with Crippen molar-refractivity contribution in [3.63, 3.8) is 0 Å². The lowest BCUT2D eigenvalue weighted by molar-refractivity contribution is -0.152. The van der Waals surface area contributed by atoms with Gasteiger partial charge in [0.05, 0.1) is 12.3 Å². The van der Waals surface area contributed by atoms with Crippen molar-refractivity contribution in [2.24, 2.45) is 0 Å². The van der Waals surface area contributed by atoms with Gasteiger partial charge in [0.25, 0.3) is 5.56 Å². The zero-order valence-corrected chi connectivity index (χ0v) is 22.9. The van der Waals surface area contributed by atoms with Crippen molar-refractivity contribution in [2.75, 3.05) is 0 Å². The van der Waals surface area contributed by atoms with Gasteiger partial charge in [-0.15, -0.1) is 0 Å². The van der Waals surface area contributed by atoms with Crippen LogP contribution in [0, 0.1) is 5.82 Å². The number of H-pyrrole nitrogens is 1. The van der Waals surface area contributed by atoms with Crippen LogP contribution in [-0.2, 0) is 28.2 Å². The van der Waals surface area contributed by atoms with Crippen molar-refractivity contribution in [3.05, 3.63) is 63.2 Å². The minimum absolute atomic E-state index is 0.132. The number of benzene rings is 1. The van der Waals surface area contributed by atoms with E-state index in [1.165, 1.54) is 26.0 Å². The number of esters is 1. The van der Waals surface area contributed by atoms with E-state index in [0.717, 1.165) is 16.2 Å². The number of carbonyl (C=O) groups excluding carboxylic acids is 1. The van der Waals surface area contributed by atoms with Crippen LogP contribution in [0.25, 0.3) is 0 Å². The van der Waals surface area contributed by atoms with Gasteiger partial charge in [-0.3, -0.25) is 28.5 Å². The topological polar surface area (TPSA) is 166 Å². The van der Waals surface area contributed by atoms with Gasteiger partial charge < -0.3 is 19.1 Å². The molecule has 0 bridgehead atoms. The van der Waals surface area contributed by atoms with Crippen molar-refractivity contribution in [3.8, 4) is 5.75 Å². The van der Waals surface area contributed by atoms with Gasteiger partial charge in [-0.05, 0) is 39.8 Å². The Bertz CT molecular complexity index is 1350. The second kappa shape index (κ2) is 12.2. The molecule has 1 saturated heterocycles. The fourth-order valence-electron chi connectivity index (χ4n) is 4.32. The van der Waals surface area contributed by atoms with Gasteiger partial charge in [0.2, 0.25) is 5.82 Å². The van der Waals surface area contributed by atoms with Crippen LogP contribution in [0.4, 0.5) is 4.39 Å². The van der Waals surface area contributed by atoms with Crippen molar-refractivity contribution in [1.82, 2.24) is 14.2 Å². The number of carboxylic acid groups (broad SMARTS) is 1. The van der Waals surface area contributed by atoms with Crippen LogP contribution in [0.15, 0.2) is 46.1 Å². The number of halogens is 1. The average molecular weight is 571 g/mol. The van der Waals surface area contributed by atoms with Gasteiger partial charge in [0, 0.05) is 19.4 Å². The summed E-state index contributed by atoms with van der Waals surface area (Å²) in [6.07, 6.45) is -4.01. The maximum Gasteiger partial charge on any atom is 0.462 e. The molecule has 2 unspecified atom stereocenters. The van der Waals surface area contributed by atoms with Crippen LogP contribution in [-0.4, -0.2) is 61.7 Å². The zero-order chi connectivity index (χ0) is 29.1. The molecule has 1 fully saturated rings. The summed E-state index contributed by atoms with van der Waals surface area (Å²) in [7, 11) is -4.45. The van der Waals surface area contributed by atoms with Crippen molar-refractivity contribution < 1.29 is 42.2 Å². The molecule has 0 amide bonds. The van der Waals surface area contributed by atoms with Crippen molar-refractivity contribution in [2.45, 2.75) is 77.7 Å². The Morgan fingerprint density at radius 2 is 1.85 bits per heavy atom. The van der Waals surface area contributed by atoms with E-state index in [9.17, 15) is 33.2 Å². The molecule has 0 radical (unpaired) electrons. The van der Waals surface area contributed by atoms with Crippen LogP contribution in [0.2, 0.25) is 0 Å². The predicted molar refractivity (Wildman–Crippen MR) is 135 cm³/mol. The van der Waals surface area contributed by atoms with E-state index in [-0.39, 0.29) is 12.2 Å². The fraction of sp³-hybridized carbons (Fsp3) is 0.500. The number of hydrogen-bond donors (Lipinski definition) is 2. The molecule has 6 atom stereocenters. The fourth-order valence-corrected chi connectivity index (χ4v) is 6.58. The monoisotopic (exact) mass is 571 g/mol. The first-order valence-electron chi connectivity index (χ1n) is 12.1. The third-order valence-electron chi connectivity index (χ3n) is 5.96. The van der Waals surface area contributed by atoms with Crippen LogP contribution >= 0.6 is 7.75 Å². The SMILES string of the molecule is CC(=O)O[C@H]1C[C@H](n2cc(F)c(=O)[nH]c2=O)O[C@@H]1C(C)O[P@](=O)(Oc1ccccc1)N(C(C)C)C(C)C(=O)O. The number of ether oxygens (including phenoxy) is 2. The largest absolute Gasteiger partial charge is 0.480 e. The number of nitrogens with one attached hydrogen (secondary N) is 1. The van der Waals surface area contributed by atoms with Crippen molar-refractivity contribution in [1.29, 1.82) is 0 Å². The molecule has 1 aromatic heterocycles. The molecule has 0 aliphatic carbocycles. The Kier molecular flexibility index (Phi) is 9.49. The molecule has 0 spiro atoms. The summed E-state index contributed by atoms with van der Waals surface area (Å²) in [5.74, 6) is -3.04. The second-order valence-corrected chi connectivity index (χ2v) is 11.0. The summed E-state index contributed by atoms with van der Waals surface area (Å²) < 4.78 is 53.2. The summed E-state index contributed by atoms with van der Waals surface area (Å²) in [5.41, 5.74) is -2.17. The van der Waals surface area contributed by atoms with E-state index in [0.29, 0.717) is 6.20 Å². The molecule has 2 N–H and O–H groups in total. The highest BCUT2D eigenvalue weighted by molar-refractivity contribution is 7.51. The Hall–Kier alpha value is -3.32. The molecule has 15 heteroatoms. The number of carbonyl (C=O) groups is 2. The number of aliphatic carboxylic acids is 1. The third-order valence-corrected chi connectivity index (χ3v) is 8.37. The van der Waals surface area contributed by atoms with E-state index in [2.05, 4.69) is 0 Å². The minimum Gasteiger partial charge on any atom is -0.480 e. The number of aromatic amines is 1. The van der Waals surface area contributed by atoms with Gasteiger partial charge in [-0.1, -0.05) is 18.2 Å². The van der Waals surface area contributed by atoms with Crippen LogP contribution in [0.3, 0.4) is 0 Å². The molecule has 39 heavy (non-hydrogen) atoms. The second-order valence-electron chi connectivity index (χ2n) is 9.25. The van der Waals surface area contributed by atoms with Gasteiger partial charge >= 0.3 is 25.4 Å². The Morgan fingerprint density at radius 1 is 1.21 bits per heavy atom. The molecule has 2 heterocycles. The molecule has 2 aromatic rings. The Balaban J connectivity index is 1.99. The molecular formula is C24H31FN3O10P. The van der Waals surface area contributed by atoms with Crippen LogP contribution < -0.4 is 15.8 Å². The summed E-state index contributed by atoms with van der Waals surface area (Å²) in [4.78, 5) is 49.3. The van der Waals surface area contributed by atoms with Crippen LogP contribution in [0.5, 0.6) is 5.75 Å². The highest BCUT2D eigenvalue weighted by atomic mass is 31.2. The molecule has 1 aliphatic heterocycles. The van der Waals surface area contributed by atoms with E-state index in [1.807, 2.05) is 4.98 Å². The first kappa shape index (κ1) is 30.2. The van der Waals surface area contributed by atoms with Gasteiger partial charge in [-0.2, -0.15) is 9.06 Å². The maximum absolute atomic E-state index is 14.4. The minimum atomic E-state index is -4.45. The summed E-state index contributed by atoms with van der Waals surface area (Å²) >= 11 is 0. The molecular weight excluding hydrogens is 540 g/mol. The quantitative estimate of drug-likeness (QED) is 0.301. The number of nitrogens with zero attached hydrogens (tertiary/aromatic N) is 2. The lowest BCUT2D eigenvalue weighted by Gasteiger charge is -2.37. The standard InChI is InChI=1S/C24H31FN3O10P/c1-13(2)28(14(3)23(31)32)39(34,38-17-9-7-6-8-10-17)37-15(4)21-19(35-16(5)29)11-20(36-21)27-12-18(25)22(30)26-24(27)33/h6-10,12-15,19-21H,11H2,1-5H3,(H,31,32)(H,26,30,33)/t14?,15?,19-,20+,21+,39-/m0/s1. The summed E-state index contributed by atoms with van der Waals surface area (Å²) in [6.45, 7) is 7.17. The zero-order valence-electron chi connectivity index (χ0n) is 22.0. The van der Waals surface area contributed by atoms with Gasteiger partial charge in [0.1, 0.15) is 30.2 Å². The molecule has 1 aromatic carbocycles. The normalized spacial score (nSPS) is 22.3. The van der Waals surface area contributed by atoms with E-state index in [4.69, 9.17) is 18.5 Å². The number of hydrogen-bond acceptors (Lipinski definition) is 9. The highest BCUT2D eigenvalue weighted by Crippen LogP contribution is 2.56. The van der Waals surface area contributed by atoms with E-state index >= 15 is 0 Å². The third kappa shape index (κ3) is 7.01. The van der Waals surface area contributed by atoms with Crippen molar-refractivity contribution >= 4 is 19.7 Å². The Labute approximate surface area is 223 Å². The Morgan fingerprint density at radius 3 is 2.41 bits per heavy atom. The van der Waals surface area contributed by atoms with Crippen LogP contribution in [0.1, 0.15) is 47.3 Å². The molecule has 1 aliphatic rings. The smallest absolute Gasteiger partial charge is 0.462 e. The molecule has 214 valence electrons. The average Bonchev–Trinajstić information content (AvgIpc) is 3.24. The number of aromatic nitrogens is 2. The number of carboxylic acids is 1. The lowest BCUT2D eigenvalue weighted by Crippen LogP contribution is -2.44. The number of rotatable bonds is 11. The van der Waals surface area contributed by atoms with E-state index in [1.54, 1.807) is 32.0 Å². The first-order valence-corrected chi connectivity index (χ1v) is 13.6. The number of para-hydroxylation sites is 1. The molecule has 0 saturated carbocycles. The lowest BCUT2D eigenvalue weighted by atomic mass is 10.1. The predicted octanol–water partition coefficient (Wildman–Crippen LogP) is 2.67. The molecule has 3 rings (SSSR count). The maximum atomic E-state index is 14.4. The highest BCUT2D eigenvalue weighted by Gasteiger charge is 2.49. The summed E-state index contributed by atoms with van der Waals surface area (Å²) in [6, 6.07) is 6.09. The molecule has 13 nitrogen and oxygen atoms in total. The first-order chi connectivity index (χ1) is 18.2. The summed E-state index contributed by atoms with van der Waals surface area (Å²) in [5, 5.41) is 9.70. The van der Waals surface area contributed by atoms with Gasteiger partial charge in [-0.25, -0.2) is 9.36 Å². The van der Waals surface area contributed by atoms with Gasteiger partial charge in [0.15, 0.2) is 0 Å². The van der Waals surface area contributed by atoms with E-state index < -0.39 is 73.4 Å².